The van der Waals surface area contributed by atoms with Gasteiger partial charge in [0.15, 0.2) is 0 Å². The molecule has 1 aliphatic heterocycles. The molecule has 1 aromatic rings. The number of nitrogens with one attached hydrogen (secondary N) is 1. The average Bonchev–Trinajstić information content (AvgIpc) is 3.05. The number of benzene rings is 1. The summed E-state index contributed by atoms with van der Waals surface area (Å²) in [5.41, 5.74) is 1.19. The van der Waals surface area contributed by atoms with Crippen molar-refractivity contribution in [1.82, 2.24) is 5.32 Å². The van der Waals surface area contributed by atoms with Crippen LogP contribution in [0.5, 0.6) is 0 Å². The van der Waals surface area contributed by atoms with E-state index >= 15 is 0 Å². The lowest BCUT2D eigenvalue weighted by Gasteiger charge is -2.20. The van der Waals surface area contributed by atoms with Crippen LogP contribution in [0.1, 0.15) is 19.3 Å². The van der Waals surface area contributed by atoms with E-state index in [0.29, 0.717) is 0 Å². The highest BCUT2D eigenvalue weighted by Crippen LogP contribution is 2.29. The molecule has 2 nitrogen and oxygen atoms in total. The minimum atomic E-state index is -0.144. The predicted octanol–water partition coefficient (Wildman–Crippen LogP) is 3.01. The molecular weight excluding hydrogens is 342 g/mol. The van der Waals surface area contributed by atoms with Crippen LogP contribution in [-0.2, 0) is 0 Å². The highest BCUT2D eigenvalue weighted by Gasteiger charge is 2.27. The van der Waals surface area contributed by atoms with Gasteiger partial charge in [-0.05, 0) is 72.5 Å². The van der Waals surface area contributed by atoms with Crippen LogP contribution < -0.4 is 10.2 Å². The van der Waals surface area contributed by atoms with E-state index in [0.717, 1.165) is 35.2 Å². The predicted molar refractivity (Wildman–Crippen MR) is 80.5 cm³/mol. The second kappa shape index (κ2) is 5.33. The molecule has 0 aromatic heterocycles. The lowest BCUT2D eigenvalue weighted by molar-refractivity contribution is 0.515. The number of anilines is 1. The molecule has 1 unspecified atom stereocenters. The Hall–Kier alpha value is -0.360. The summed E-state index contributed by atoms with van der Waals surface area (Å²) in [5, 5.41) is 3.61. The molecule has 2 aliphatic rings. The van der Waals surface area contributed by atoms with E-state index in [1.54, 1.807) is 12.1 Å². The lowest BCUT2D eigenvalue weighted by atomic mass is 10.1. The maximum atomic E-state index is 13.1. The van der Waals surface area contributed by atoms with Crippen LogP contribution >= 0.6 is 22.6 Å². The van der Waals surface area contributed by atoms with Crippen LogP contribution in [0.4, 0.5) is 10.1 Å². The van der Waals surface area contributed by atoms with Crippen LogP contribution in [-0.4, -0.2) is 25.7 Å². The van der Waals surface area contributed by atoms with Crippen molar-refractivity contribution in [1.29, 1.82) is 0 Å². The van der Waals surface area contributed by atoms with Crippen LogP contribution in [0.3, 0.4) is 0 Å². The van der Waals surface area contributed by atoms with Crippen molar-refractivity contribution in [3.8, 4) is 0 Å². The Morgan fingerprint density at radius 1 is 1.33 bits per heavy atom. The molecule has 1 aromatic carbocycles. The Morgan fingerprint density at radius 3 is 2.89 bits per heavy atom. The second-order valence-corrected chi connectivity index (χ2v) is 6.54. The fraction of sp³-hybridized carbons (Fsp3) is 0.571. The van der Waals surface area contributed by atoms with E-state index in [-0.39, 0.29) is 5.82 Å². The Bertz CT molecular complexity index is 434. The zero-order valence-electron chi connectivity index (χ0n) is 10.3. The summed E-state index contributed by atoms with van der Waals surface area (Å²) < 4.78 is 14.1. The Morgan fingerprint density at radius 2 is 2.17 bits per heavy atom. The van der Waals surface area contributed by atoms with Gasteiger partial charge in [0.25, 0.3) is 0 Å². The van der Waals surface area contributed by atoms with Crippen molar-refractivity contribution < 1.29 is 4.39 Å². The van der Waals surface area contributed by atoms with Crippen LogP contribution in [0.2, 0.25) is 0 Å². The minimum Gasteiger partial charge on any atom is -0.370 e. The number of hydrogen-bond donors (Lipinski definition) is 1. The molecule has 1 saturated carbocycles. The van der Waals surface area contributed by atoms with Gasteiger partial charge in [0.2, 0.25) is 0 Å². The zero-order valence-corrected chi connectivity index (χ0v) is 12.5. The van der Waals surface area contributed by atoms with Crippen molar-refractivity contribution in [2.24, 2.45) is 5.92 Å². The van der Waals surface area contributed by atoms with Gasteiger partial charge in [0, 0.05) is 22.7 Å². The second-order valence-electron chi connectivity index (χ2n) is 5.38. The molecular formula is C14H18FIN2. The molecule has 1 atom stereocenters. The van der Waals surface area contributed by atoms with Crippen molar-refractivity contribution in [2.75, 3.05) is 24.5 Å². The lowest BCUT2D eigenvalue weighted by Crippen LogP contribution is -2.27. The Balaban J connectivity index is 1.59. The zero-order chi connectivity index (χ0) is 12.5. The highest BCUT2D eigenvalue weighted by atomic mass is 127. The minimum absolute atomic E-state index is 0.144. The number of nitrogens with zero attached hydrogens (tertiary/aromatic N) is 1. The van der Waals surface area contributed by atoms with Gasteiger partial charge in [-0.1, -0.05) is 0 Å². The highest BCUT2D eigenvalue weighted by molar-refractivity contribution is 14.1. The molecule has 18 heavy (non-hydrogen) atoms. The monoisotopic (exact) mass is 360 g/mol. The summed E-state index contributed by atoms with van der Waals surface area (Å²) in [6, 6.07) is 5.89. The summed E-state index contributed by atoms with van der Waals surface area (Å²) in [4.78, 5) is 2.39. The summed E-state index contributed by atoms with van der Waals surface area (Å²) in [5.74, 6) is 0.598. The van der Waals surface area contributed by atoms with Crippen LogP contribution in [0.25, 0.3) is 0 Å². The number of rotatable bonds is 4. The van der Waals surface area contributed by atoms with E-state index in [1.165, 1.54) is 24.9 Å². The normalized spacial score (nSPS) is 23.7. The van der Waals surface area contributed by atoms with E-state index in [9.17, 15) is 4.39 Å². The molecule has 0 bridgehead atoms. The fourth-order valence-corrected chi connectivity index (χ4v) is 3.40. The first kappa shape index (κ1) is 12.7. The van der Waals surface area contributed by atoms with E-state index in [4.69, 9.17) is 0 Å². The number of hydrogen-bond acceptors (Lipinski definition) is 2. The first-order valence-electron chi connectivity index (χ1n) is 6.66. The van der Waals surface area contributed by atoms with Gasteiger partial charge in [0.1, 0.15) is 5.82 Å². The van der Waals surface area contributed by atoms with Crippen molar-refractivity contribution >= 4 is 28.3 Å². The topological polar surface area (TPSA) is 15.3 Å². The third kappa shape index (κ3) is 2.96. The van der Waals surface area contributed by atoms with Crippen LogP contribution in [0.15, 0.2) is 18.2 Å². The summed E-state index contributed by atoms with van der Waals surface area (Å²) in [6.45, 7) is 3.33. The molecule has 1 heterocycles. The average molecular weight is 360 g/mol. The van der Waals surface area contributed by atoms with Gasteiger partial charge >= 0.3 is 0 Å². The van der Waals surface area contributed by atoms with Gasteiger partial charge in [-0.3, -0.25) is 0 Å². The Labute approximate surface area is 121 Å². The smallest absolute Gasteiger partial charge is 0.124 e. The molecule has 98 valence electrons. The maximum absolute atomic E-state index is 13.1. The summed E-state index contributed by atoms with van der Waals surface area (Å²) in [6.07, 6.45) is 3.95. The van der Waals surface area contributed by atoms with Gasteiger partial charge in [-0.2, -0.15) is 0 Å². The third-order valence-corrected chi connectivity index (χ3v) is 4.67. The van der Waals surface area contributed by atoms with E-state index in [2.05, 4.69) is 32.8 Å². The van der Waals surface area contributed by atoms with Crippen molar-refractivity contribution in [3.05, 3.63) is 27.6 Å². The first-order chi connectivity index (χ1) is 8.72. The Kier molecular flexibility index (Phi) is 3.75. The first-order valence-corrected chi connectivity index (χ1v) is 7.73. The molecule has 4 heteroatoms. The number of halogens is 2. The largest absolute Gasteiger partial charge is 0.370 e. The molecule has 0 radical (unpaired) electrons. The van der Waals surface area contributed by atoms with Crippen LogP contribution in [0, 0.1) is 15.3 Å². The van der Waals surface area contributed by atoms with E-state index < -0.39 is 0 Å². The molecule has 2 fully saturated rings. The van der Waals surface area contributed by atoms with Crippen molar-refractivity contribution in [3.63, 3.8) is 0 Å². The van der Waals surface area contributed by atoms with Crippen molar-refractivity contribution in [2.45, 2.75) is 25.3 Å². The fourth-order valence-electron chi connectivity index (χ4n) is 2.58. The summed E-state index contributed by atoms with van der Waals surface area (Å²) in [7, 11) is 0. The summed E-state index contributed by atoms with van der Waals surface area (Å²) >= 11 is 2.23. The van der Waals surface area contributed by atoms with Gasteiger partial charge < -0.3 is 10.2 Å². The maximum Gasteiger partial charge on any atom is 0.124 e. The molecule has 1 saturated heterocycles. The van der Waals surface area contributed by atoms with E-state index in [1.807, 2.05) is 6.07 Å². The standard InChI is InChI=1S/C14H18FIN2/c15-11-1-4-14(13(16)7-11)18-6-5-10(9-18)8-17-12-2-3-12/h1,4,7,10,12,17H,2-3,5-6,8-9H2. The quantitative estimate of drug-likeness (QED) is 0.831. The van der Waals surface area contributed by atoms with Gasteiger partial charge in [0.05, 0.1) is 5.69 Å². The van der Waals surface area contributed by atoms with Gasteiger partial charge in [-0.25, -0.2) is 4.39 Å². The van der Waals surface area contributed by atoms with Gasteiger partial charge in [-0.15, -0.1) is 0 Å². The molecule has 0 spiro atoms. The molecule has 3 rings (SSSR count). The third-order valence-electron chi connectivity index (χ3n) is 3.81. The molecule has 1 aliphatic carbocycles. The molecule has 0 amide bonds. The SMILES string of the molecule is Fc1ccc(N2CCC(CNC3CC3)C2)c(I)c1. The molecule has 1 N–H and O–H groups in total.